The fraction of sp³-hybridized carbons (Fsp3) is 0.235. The van der Waals surface area contributed by atoms with E-state index in [1.807, 2.05) is 26.0 Å². The van der Waals surface area contributed by atoms with E-state index in [-0.39, 0.29) is 12.3 Å². The molecule has 0 spiro atoms. The standard InChI is InChI=1S/C17H16N2O4S/c1-9-4-12-11(8-23-13(12)5-10(9)2)6-15(20)19-17-18-7-14(24-17)16(21)22-3/h4-5,7-8H,6H2,1-3H3,(H,18,19,20). The van der Waals surface area contributed by atoms with Crippen LogP contribution in [0.25, 0.3) is 11.0 Å². The summed E-state index contributed by atoms with van der Waals surface area (Å²) in [6.07, 6.45) is 3.15. The summed E-state index contributed by atoms with van der Waals surface area (Å²) < 4.78 is 10.1. The third-order valence-electron chi connectivity index (χ3n) is 3.76. The largest absolute Gasteiger partial charge is 0.465 e. The third-order valence-corrected chi connectivity index (χ3v) is 4.65. The summed E-state index contributed by atoms with van der Waals surface area (Å²) >= 11 is 1.07. The zero-order valence-corrected chi connectivity index (χ0v) is 14.3. The average Bonchev–Trinajstić information content (AvgIpc) is 3.15. The Bertz CT molecular complexity index is 926. The maximum absolute atomic E-state index is 12.2. The van der Waals surface area contributed by atoms with Crippen LogP contribution >= 0.6 is 11.3 Å². The fourth-order valence-corrected chi connectivity index (χ4v) is 3.09. The van der Waals surface area contributed by atoms with Crippen LogP contribution in [0.1, 0.15) is 26.4 Å². The third kappa shape index (κ3) is 3.16. The number of benzene rings is 1. The van der Waals surface area contributed by atoms with Gasteiger partial charge in [0.25, 0.3) is 0 Å². The second-order valence-corrected chi connectivity index (χ2v) is 6.47. The Labute approximate surface area is 142 Å². The minimum Gasteiger partial charge on any atom is -0.465 e. The summed E-state index contributed by atoms with van der Waals surface area (Å²) in [5.41, 5.74) is 3.87. The van der Waals surface area contributed by atoms with E-state index in [2.05, 4.69) is 15.0 Å². The van der Waals surface area contributed by atoms with E-state index in [0.717, 1.165) is 39.0 Å². The maximum Gasteiger partial charge on any atom is 0.349 e. The molecule has 0 unspecified atom stereocenters. The van der Waals surface area contributed by atoms with Crippen LogP contribution in [-0.2, 0) is 16.0 Å². The number of hydrogen-bond donors (Lipinski definition) is 1. The molecule has 124 valence electrons. The molecule has 1 aromatic carbocycles. The van der Waals surface area contributed by atoms with Crippen LogP contribution in [0.5, 0.6) is 0 Å². The number of carbonyl (C=O) groups is 2. The van der Waals surface area contributed by atoms with Gasteiger partial charge in [0.15, 0.2) is 5.13 Å². The Hall–Kier alpha value is -2.67. The molecule has 1 amide bonds. The number of fused-ring (bicyclic) bond motifs is 1. The van der Waals surface area contributed by atoms with Crippen molar-refractivity contribution < 1.29 is 18.7 Å². The first kappa shape index (κ1) is 16.2. The molecule has 0 bridgehead atoms. The number of aryl methyl sites for hydroxylation is 2. The van der Waals surface area contributed by atoms with Crippen molar-refractivity contribution in [2.45, 2.75) is 20.3 Å². The predicted octanol–water partition coefficient (Wildman–Crippen LogP) is 3.47. The zero-order chi connectivity index (χ0) is 17.3. The van der Waals surface area contributed by atoms with E-state index in [1.165, 1.54) is 13.3 Å². The van der Waals surface area contributed by atoms with Crippen molar-refractivity contribution in [2.24, 2.45) is 0 Å². The molecule has 2 heterocycles. The predicted molar refractivity (Wildman–Crippen MR) is 91.5 cm³/mol. The Morgan fingerprint density at radius 2 is 2.04 bits per heavy atom. The average molecular weight is 344 g/mol. The van der Waals surface area contributed by atoms with Crippen molar-refractivity contribution in [3.63, 3.8) is 0 Å². The molecule has 7 heteroatoms. The lowest BCUT2D eigenvalue weighted by Crippen LogP contribution is -2.13. The Balaban J connectivity index is 1.74. The number of aromatic nitrogens is 1. The van der Waals surface area contributed by atoms with Crippen molar-refractivity contribution >= 4 is 39.3 Å². The molecule has 0 radical (unpaired) electrons. The van der Waals surface area contributed by atoms with Gasteiger partial charge in [-0.25, -0.2) is 9.78 Å². The highest BCUT2D eigenvalue weighted by Gasteiger charge is 2.15. The van der Waals surface area contributed by atoms with Gasteiger partial charge in [0.2, 0.25) is 5.91 Å². The van der Waals surface area contributed by atoms with Gasteiger partial charge in [-0.1, -0.05) is 11.3 Å². The van der Waals surface area contributed by atoms with Crippen LogP contribution in [0.15, 0.2) is 29.0 Å². The molecule has 3 rings (SSSR count). The second kappa shape index (κ2) is 6.45. The van der Waals surface area contributed by atoms with Crippen molar-refractivity contribution in [2.75, 3.05) is 12.4 Å². The molecule has 0 saturated carbocycles. The number of nitrogens with zero attached hydrogens (tertiary/aromatic N) is 1. The highest BCUT2D eigenvalue weighted by atomic mass is 32.1. The van der Waals surface area contributed by atoms with Crippen LogP contribution in [-0.4, -0.2) is 24.0 Å². The van der Waals surface area contributed by atoms with Gasteiger partial charge < -0.3 is 14.5 Å². The molecule has 0 aliphatic carbocycles. The topological polar surface area (TPSA) is 81.4 Å². The van der Waals surface area contributed by atoms with Crippen LogP contribution in [0, 0.1) is 13.8 Å². The van der Waals surface area contributed by atoms with Gasteiger partial charge in [0.1, 0.15) is 10.5 Å². The first-order chi connectivity index (χ1) is 11.5. The van der Waals surface area contributed by atoms with Gasteiger partial charge in [0, 0.05) is 10.9 Å². The fourth-order valence-electron chi connectivity index (χ4n) is 2.34. The van der Waals surface area contributed by atoms with Crippen molar-refractivity contribution in [1.29, 1.82) is 0 Å². The number of furan rings is 1. The Kier molecular flexibility index (Phi) is 4.35. The van der Waals surface area contributed by atoms with Crippen LogP contribution < -0.4 is 5.32 Å². The van der Waals surface area contributed by atoms with Gasteiger partial charge in [-0.15, -0.1) is 0 Å². The first-order valence-electron chi connectivity index (χ1n) is 7.29. The lowest BCUT2D eigenvalue weighted by atomic mass is 10.0. The molecule has 0 aliphatic rings. The Morgan fingerprint density at radius 1 is 1.29 bits per heavy atom. The quantitative estimate of drug-likeness (QED) is 0.733. The molecule has 6 nitrogen and oxygen atoms in total. The molecule has 0 atom stereocenters. The molecule has 24 heavy (non-hydrogen) atoms. The van der Waals surface area contributed by atoms with Crippen LogP contribution in [0.4, 0.5) is 5.13 Å². The smallest absolute Gasteiger partial charge is 0.349 e. The first-order valence-corrected chi connectivity index (χ1v) is 8.11. The molecular formula is C17H16N2O4S. The van der Waals surface area contributed by atoms with Gasteiger partial charge in [-0.05, 0) is 37.1 Å². The summed E-state index contributed by atoms with van der Waals surface area (Å²) in [5.74, 6) is -0.693. The van der Waals surface area contributed by atoms with E-state index in [1.54, 1.807) is 6.26 Å². The SMILES string of the molecule is COC(=O)c1cnc(NC(=O)Cc2coc3cc(C)c(C)cc23)s1. The molecule has 1 N–H and O–H groups in total. The maximum atomic E-state index is 12.2. The van der Waals surface area contributed by atoms with E-state index < -0.39 is 5.97 Å². The summed E-state index contributed by atoms with van der Waals surface area (Å²) in [5, 5.41) is 3.98. The molecule has 0 saturated heterocycles. The summed E-state index contributed by atoms with van der Waals surface area (Å²) in [6.45, 7) is 4.04. The minimum absolute atomic E-state index is 0.169. The van der Waals surface area contributed by atoms with E-state index in [4.69, 9.17) is 4.42 Å². The van der Waals surface area contributed by atoms with Crippen molar-refractivity contribution in [1.82, 2.24) is 4.98 Å². The number of nitrogens with one attached hydrogen (secondary N) is 1. The molecule has 0 fully saturated rings. The van der Waals surface area contributed by atoms with E-state index >= 15 is 0 Å². The van der Waals surface area contributed by atoms with E-state index in [9.17, 15) is 9.59 Å². The van der Waals surface area contributed by atoms with Crippen LogP contribution in [0.3, 0.4) is 0 Å². The normalized spacial score (nSPS) is 10.8. The monoisotopic (exact) mass is 344 g/mol. The lowest BCUT2D eigenvalue weighted by molar-refractivity contribution is -0.115. The number of ether oxygens (including phenoxy) is 1. The summed E-state index contributed by atoms with van der Waals surface area (Å²) in [4.78, 5) is 28.0. The van der Waals surface area contributed by atoms with Gasteiger partial charge in [-0.3, -0.25) is 4.79 Å². The number of methoxy groups -OCH3 is 1. The van der Waals surface area contributed by atoms with Crippen molar-refractivity contribution in [3.8, 4) is 0 Å². The number of amides is 1. The molecule has 0 aliphatic heterocycles. The number of thiazole rings is 1. The van der Waals surface area contributed by atoms with Gasteiger partial charge >= 0.3 is 5.97 Å². The van der Waals surface area contributed by atoms with Crippen molar-refractivity contribution in [3.05, 3.63) is 46.2 Å². The van der Waals surface area contributed by atoms with Crippen LogP contribution in [0.2, 0.25) is 0 Å². The highest BCUT2D eigenvalue weighted by molar-refractivity contribution is 7.17. The van der Waals surface area contributed by atoms with Gasteiger partial charge in [0.05, 0.1) is 26.0 Å². The summed E-state index contributed by atoms with van der Waals surface area (Å²) in [6, 6.07) is 3.99. The number of anilines is 1. The number of rotatable bonds is 4. The lowest BCUT2D eigenvalue weighted by Gasteiger charge is -2.02. The molecule has 2 aromatic heterocycles. The van der Waals surface area contributed by atoms with E-state index in [0.29, 0.717) is 10.0 Å². The zero-order valence-electron chi connectivity index (χ0n) is 13.5. The molecule has 3 aromatic rings. The molecular weight excluding hydrogens is 328 g/mol. The number of hydrogen-bond acceptors (Lipinski definition) is 6. The number of esters is 1. The Morgan fingerprint density at radius 3 is 2.79 bits per heavy atom. The number of carbonyl (C=O) groups excluding carboxylic acids is 2. The van der Waals surface area contributed by atoms with Gasteiger partial charge in [-0.2, -0.15) is 0 Å². The summed E-state index contributed by atoms with van der Waals surface area (Å²) in [7, 11) is 1.30. The minimum atomic E-state index is -0.473. The highest BCUT2D eigenvalue weighted by Crippen LogP contribution is 2.26. The second-order valence-electron chi connectivity index (χ2n) is 5.44.